The lowest BCUT2D eigenvalue weighted by Crippen LogP contribution is -2.35. The van der Waals surface area contributed by atoms with E-state index in [1.54, 1.807) is 0 Å². The maximum Gasteiger partial charge on any atom is 0.209 e. The van der Waals surface area contributed by atoms with Crippen LogP contribution in [0.1, 0.15) is 92.2 Å². The van der Waals surface area contributed by atoms with Crippen LogP contribution in [0, 0.1) is 6.92 Å². The van der Waals surface area contributed by atoms with E-state index in [-0.39, 0.29) is 0 Å². The lowest BCUT2D eigenvalue weighted by Gasteiger charge is -2.28. The number of aryl methyl sites for hydroxylation is 1. The van der Waals surface area contributed by atoms with Crippen LogP contribution in [0.25, 0.3) is 0 Å². The molecule has 148 valence electrons. The van der Waals surface area contributed by atoms with Crippen LogP contribution in [0.3, 0.4) is 0 Å². The summed E-state index contributed by atoms with van der Waals surface area (Å²) >= 11 is 0. The summed E-state index contributed by atoms with van der Waals surface area (Å²) in [6.07, 6.45) is 6.49. The second kappa shape index (κ2) is 22.7. The molecule has 0 unspecified atom stereocenters. The van der Waals surface area contributed by atoms with E-state index in [1.807, 2.05) is 46.4 Å². The van der Waals surface area contributed by atoms with Gasteiger partial charge in [0.2, 0.25) is 6.41 Å². The van der Waals surface area contributed by atoms with Gasteiger partial charge in [0.05, 0.1) is 0 Å². The normalized spacial score (nSPS) is 8.88. The molecule has 1 aromatic rings. The fraction of sp³-hybridized carbons (Fsp3) is 0.696. The molecule has 0 heterocycles. The van der Waals surface area contributed by atoms with Crippen LogP contribution in [0.4, 0.5) is 0 Å². The van der Waals surface area contributed by atoms with Crippen LogP contribution in [0.15, 0.2) is 24.3 Å². The minimum Gasteiger partial charge on any atom is -0.342 e. The van der Waals surface area contributed by atoms with Gasteiger partial charge in [-0.2, -0.15) is 0 Å². The zero-order chi connectivity index (χ0) is 20.1. The van der Waals surface area contributed by atoms with E-state index in [4.69, 9.17) is 0 Å². The molecule has 0 aromatic heterocycles. The average Bonchev–Trinajstić information content (AvgIpc) is 2.68. The summed E-state index contributed by atoms with van der Waals surface area (Å²) in [5.41, 5.74) is 2.66. The molecule has 0 spiro atoms. The minimum absolute atomic E-state index is 0.413. The van der Waals surface area contributed by atoms with Crippen molar-refractivity contribution in [2.24, 2.45) is 0 Å². The molecule has 0 aliphatic carbocycles. The number of rotatable bonds is 9. The standard InChI is InChI=1S/C17H27NO.3C2H6/c1-4-8-17(9-5-2)18(14-19)13-12-16-11-7-6-10-15(16)3;3*1-2/h6-7,10-11,14,17H,4-5,8-9,12-13H2,1-3H3;3*1-2H3. The Morgan fingerprint density at radius 2 is 1.40 bits per heavy atom. The highest BCUT2D eigenvalue weighted by Crippen LogP contribution is 2.14. The van der Waals surface area contributed by atoms with Crippen LogP contribution < -0.4 is 0 Å². The van der Waals surface area contributed by atoms with Gasteiger partial charge in [0, 0.05) is 12.6 Å². The fourth-order valence-electron chi connectivity index (χ4n) is 2.60. The van der Waals surface area contributed by atoms with E-state index in [0.29, 0.717) is 6.04 Å². The SMILES string of the molecule is CC.CC.CC.CCCC(CCC)N(C=O)CCc1ccccc1C. The second-order valence-corrected chi connectivity index (χ2v) is 5.25. The Balaban J connectivity index is -0.000000725. The molecular formula is C23H45NO. The lowest BCUT2D eigenvalue weighted by molar-refractivity contribution is -0.120. The largest absolute Gasteiger partial charge is 0.342 e. The number of carbonyl (C=O) groups excluding carboxylic acids is 1. The summed E-state index contributed by atoms with van der Waals surface area (Å²) in [6, 6.07) is 8.84. The van der Waals surface area contributed by atoms with E-state index in [1.165, 1.54) is 11.1 Å². The summed E-state index contributed by atoms with van der Waals surface area (Å²) in [5.74, 6) is 0. The number of amides is 1. The molecular weight excluding hydrogens is 306 g/mol. The van der Waals surface area contributed by atoms with Crippen molar-refractivity contribution in [2.45, 2.75) is 100 Å². The monoisotopic (exact) mass is 351 g/mol. The molecule has 0 saturated carbocycles. The molecule has 1 aromatic carbocycles. The molecule has 25 heavy (non-hydrogen) atoms. The van der Waals surface area contributed by atoms with Gasteiger partial charge in [0.25, 0.3) is 0 Å². The Morgan fingerprint density at radius 1 is 0.920 bits per heavy atom. The molecule has 0 fully saturated rings. The molecule has 0 saturated heterocycles. The number of hydrogen-bond donors (Lipinski definition) is 0. The van der Waals surface area contributed by atoms with Crippen LogP contribution in [-0.4, -0.2) is 23.9 Å². The van der Waals surface area contributed by atoms with Crippen LogP contribution in [0.5, 0.6) is 0 Å². The number of carbonyl (C=O) groups is 1. The molecule has 1 rings (SSSR count). The van der Waals surface area contributed by atoms with Crippen molar-refractivity contribution < 1.29 is 4.79 Å². The highest BCUT2D eigenvalue weighted by molar-refractivity contribution is 5.48. The Bertz CT molecular complexity index is 370. The van der Waals surface area contributed by atoms with Gasteiger partial charge in [-0.3, -0.25) is 4.79 Å². The fourth-order valence-corrected chi connectivity index (χ4v) is 2.60. The average molecular weight is 352 g/mol. The molecule has 2 nitrogen and oxygen atoms in total. The lowest BCUT2D eigenvalue weighted by atomic mass is 10.0. The van der Waals surface area contributed by atoms with Gasteiger partial charge in [-0.05, 0) is 37.3 Å². The number of nitrogens with zero attached hydrogens (tertiary/aromatic N) is 1. The number of hydrogen-bond acceptors (Lipinski definition) is 1. The van der Waals surface area contributed by atoms with Crippen molar-refractivity contribution in [1.29, 1.82) is 0 Å². The first-order valence-electron chi connectivity index (χ1n) is 10.5. The predicted octanol–water partition coefficient (Wildman–Crippen LogP) is 7.04. The first kappa shape index (κ1) is 28.5. The van der Waals surface area contributed by atoms with Crippen molar-refractivity contribution in [3.05, 3.63) is 35.4 Å². The molecule has 0 atom stereocenters. The van der Waals surface area contributed by atoms with E-state index in [9.17, 15) is 4.79 Å². The van der Waals surface area contributed by atoms with Crippen molar-refractivity contribution >= 4 is 6.41 Å². The third kappa shape index (κ3) is 13.6. The third-order valence-corrected chi connectivity index (χ3v) is 3.75. The Hall–Kier alpha value is -1.31. The van der Waals surface area contributed by atoms with Crippen molar-refractivity contribution in [3.63, 3.8) is 0 Å². The van der Waals surface area contributed by atoms with E-state index >= 15 is 0 Å². The predicted molar refractivity (Wildman–Crippen MR) is 115 cm³/mol. The number of benzene rings is 1. The summed E-state index contributed by atoms with van der Waals surface area (Å²) in [7, 11) is 0. The van der Waals surface area contributed by atoms with E-state index in [2.05, 4.69) is 45.0 Å². The first-order valence-corrected chi connectivity index (χ1v) is 10.5. The van der Waals surface area contributed by atoms with Gasteiger partial charge in [0.1, 0.15) is 0 Å². The zero-order valence-corrected chi connectivity index (χ0v) is 18.6. The highest BCUT2D eigenvalue weighted by Gasteiger charge is 2.15. The minimum atomic E-state index is 0.413. The van der Waals surface area contributed by atoms with Crippen molar-refractivity contribution in [2.75, 3.05) is 6.54 Å². The first-order chi connectivity index (χ1) is 12.2. The van der Waals surface area contributed by atoms with Crippen molar-refractivity contribution in [3.8, 4) is 0 Å². The third-order valence-electron chi connectivity index (χ3n) is 3.75. The maximum atomic E-state index is 11.3. The molecule has 1 amide bonds. The van der Waals surface area contributed by atoms with E-state index in [0.717, 1.165) is 45.1 Å². The van der Waals surface area contributed by atoms with Crippen LogP contribution >= 0.6 is 0 Å². The summed E-state index contributed by atoms with van der Waals surface area (Å²) in [4.78, 5) is 13.3. The second-order valence-electron chi connectivity index (χ2n) is 5.25. The van der Waals surface area contributed by atoms with Crippen LogP contribution in [0.2, 0.25) is 0 Å². The quantitative estimate of drug-likeness (QED) is 0.437. The van der Waals surface area contributed by atoms with E-state index < -0.39 is 0 Å². The van der Waals surface area contributed by atoms with Gasteiger partial charge in [-0.15, -0.1) is 0 Å². The summed E-state index contributed by atoms with van der Waals surface area (Å²) in [6.45, 7) is 19.3. The Morgan fingerprint density at radius 3 is 1.80 bits per heavy atom. The molecule has 0 N–H and O–H groups in total. The Labute approximate surface area is 159 Å². The van der Waals surface area contributed by atoms with Crippen LogP contribution in [-0.2, 0) is 11.2 Å². The van der Waals surface area contributed by atoms with Gasteiger partial charge < -0.3 is 4.90 Å². The molecule has 0 bridgehead atoms. The maximum absolute atomic E-state index is 11.3. The molecule has 0 aliphatic heterocycles. The molecule has 2 heteroatoms. The molecule has 0 aliphatic rings. The van der Waals surface area contributed by atoms with Gasteiger partial charge >= 0.3 is 0 Å². The summed E-state index contributed by atoms with van der Waals surface area (Å²) < 4.78 is 0. The topological polar surface area (TPSA) is 20.3 Å². The van der Waals surface area contributed by atoms with Gasteiger partial charge in [0.15, 0.2) is 0 Å². The van der Waals surface area contributed by atoms with Crippen molar-refractivity contribution in [1.82, 2.24) is 4.90 Å². The van der Waals surface area contributed by atoms with Gasteiger partial charge in [-0.1, -0.05) is 92.5 Å². The zero-order valence-electron chi connectivity index (χ0n) is 18.6. The highest BCUT2D eigenvalue weighted by atomic mass is 16.1. The summed E-state index contributed by atoms with van der Waals surface area (Å²) in [5, 5.41) is 0. The Kier molecular flexibility index (Phi) is 25.9. The van der Waals surface area contributed by atoms with Gasteiger partial charge in [-0.25, -0.2) is 0 Å². The molecule has 0 radical (unpaired) electrons. The smallest absolute Gasteiger partial charge is 0.209 e.